The Kier molecular flexibility index (Phi) is 10.3. The van der Waals surface area contributed by atoms with Gasteiger partial charge in [0, 0.05) is 48.7 Å². The lowest BCUT2D eigenvalue weighted by molar-refractivity contribution is -0.137. The van der Waals surface area contributed by atoms with Gasteiger partial charge in [-0.2, -0.15) is 18.2 Å². The van der Waals surface area contributed by atoms with Crippen molar-refractivity contribution in [2.45, 2.75) is 69.8 Å². The molecule has 1 aromatic carbocycles. The number of likely N-dealkylation sites (N-methyl/N-ethyl adjacent to an activating group) is 1. The highest BCUT2D eigenvalue weighted by atomic mass is 19.4. The third-order valence-corrected chi connectivity index (χ3v) is 8.67. The molecule has 1 aliphatic carbocycles. The molecule has 1 saturated heterocycles. The van der Waals surface area contributed by atoms with Crippen LogP contribution in [-0.2, 0) is 6.18 Å². The monoisotopic (exact) mass is 590 g/mol. The van der Waals surface area contributed by atoms with Crippen molar-refractivity contribution in [1.82, 2.24) is 30.4 Å². The van der Waals surface area contributed by atoms with Crippen molar-refractivity contribution in [1.29, 1.82) is 0 Å². The lowest BCUT2D eigenvalue weighted by atomic mass is 10.0. The summed E-state index contributed by atoms with van der Waals surface area (Å²) >= 11 is 0. The van der Waals surface area contributed by atoms with Crippen LogP contribution >= 0.6 is 0 Å². The fourth-order valence-corrected chi connectivity index (χ4v) is 5.64. The molecule has 1 saturated carbocycles. The molecule has 2 fully saturated rings. The van der Waals surface area contributed by atoms with Gasteiger partial charge in [-0.05, 0) is 103 Å². The first-order valence-corrected chi connectivity index (χ1v) is 14.8. The number of alkyl halides is 3. The Labute approximate surface area is 247 Å². The fourth-order valence-electron chi connectivity index (χ4n) is 5.64. The number of carbonyl (C=O) groups is 1. The van der Waals surface area contributed by atoms with Gasteiger partial charge < -0.3 is 31.1 Å². The molecule has 9 nitrogen and oxygen atoms in total. The first-order valence-electron chi connectivity index (χ1n) is 14.8. The summed E-state index contributed by atoms with van der Waals surface area (Å²) in [4.78, 5) is 25.3. The fraction of sp³-hybridized carbons (Fsp3) is 0.633. The smallest absolute Gasteiger partial charge is 0.366 e. The molecule has 1 amide bonds. The van der Waals surface area contributed by atoms with Gasteiger partial charge in [0.25, 0.3) is 5.91 Å². The third-order valence-electron chi connectivity index (χ3n) is 8.67. The first kappa shape index (κ1) is 32.0. The number of rotatable bonds is 11. The summed E-state index contributed by atoms with van der Waals surface area (Å²) in [5.41, 5.74) is 0.165. The Morgan fingerprint density at radius 2 is 1.79 bits per heavy atom. The number of nitrogens with zero attached hydrogens (tertiary/aromatic N) is 4. The zero-order valence-electron chi connectivity index (χ0n) is 25.3. The van der Waals surface area contributed by atoms with Crippen LogP contribution < -0.4 is 21.3 Å². The number of amides is 1. The number of carbonyl (C=O) groups excluding carboxylic acids is 1. The van der Waals surface area contributed by atoms with Gasteiger partial charge in [-0.15, -0.1) is 0 Å². The molecule has 232 valence electrons. The second-order valence-electron chi connectivity index (χ2n) is 12.3. The second kappa shape index (κ2) is 13.6. The van der Waals surface area contributed by atoms with Crippen LogP contribution in [-0.4, -0.2) is 90.6 Å². The molecule has 0 spiro atoms. The van der Waals surface area contributed by atoms with E-state index in [-0.39, 0.29) is 41.2 Å². The van der Waals surface area contributed by atoms with Gasteiger partial charge in [0.15, 0.2) is 0 Å². The highest BCUT2D eigenvalue weighted by Crippen LogP contribution is 2.36. The van der Waals surface area contributed by atoms with Crippen LogP contribution in [0.5, 0.6) is 0 Å². The van der Waals surface area contributed by atoms with Gasteiger partial charge in [0.2, 0.25) is 5.95 Å². The third kappa shape index (κ3) is 8.32. The molecule has 1 aromatic heterocycles. The largest absolute Gasteiger partial charge is 0.421 e. The lowest BCUT2D eigenvalue weighted by Crippen LogP contribution is -2.47. The Balaban J connectivity index is 1.43. The SMILES string of the molecule is CNC(C)(C)CNCC1CCCC1Nc1nc(Nc2ccc(C(=O)N(C)C3CCN(C)CC3)cc2)ncc1C(F)(F)F. The van der Waals surface area contributed by atoms with E-state index < -0.39 is 11.7 Å². The molecule has 2 aromatic rings. The quantitative estimate of drug-likeness (QED) is 0.302. The molecular formula is C30H45F3N8O. The zero-order valence-corrected chi connectivity index (χ0v) is 25.3. The van der Waals surface area contributed by atoms with Crippen molar-refractivity contribution in [2.24, 2.45) is 5.92 Å². The summed E-state index contributed by atoms with van der Waals surface area (Å²) in [6.07, 6.45) is 0.747. The van der Waals surface area contributed by atoms with E-state index in [4.69, 9.17) is 0 Å². The molecule has 42 heavy (non-hydrogen) atoms. The van der Waals surface area contributed by atoms with E-state index in [1.165, 1.54) is 0 Å². The molecular weight excluding hydrogens is 545 g/mol. The molecule has 4 N–H and O–H groups in total. The Morgan fingerprint density at radius 1 is 1.10 bits per heavy atom. The van der Waals surface area contributed by atoms with E-state index in [9.17, 15) is 18.0 Å². The summed E-state index contributed by atoms with van der Waals surface area (Å²) < 4.78 is 41.7. The van der Waals surface area contributed by atoms with Gasteiger partial charge in [0.1, 0.15) is 11.4 Å². The average Bonchev–Trinajstić information content (AvgIpc) is 3.39. The first-order chi connectivity index (χ1) is 19.9. The van der Waals surface area contributed by atoms with E-state index in [2.05, 4.69) is 57.0 Å². The van der Waals surface area contributed by atoms with Crippen LogP contribution in [0, 0.1) is 5.92 Å². The number of likely N-dealkylation sites (tertiary alicyclic amines) is 1. The number of nitrogens with one attached hydrogen (secondary N) is 4. The van der Waals surface area contributed by atoms with Crippen LogP contribution in [0.3, 0.4) is 0 Å². The summed E-state index contributed by atoms with van der Waals surface area (Å²) in [6.45, 7) is 7.57. The summed E-state index contributed by atoms with van der Waals surface area (Å²) in [6, 6.07) is 6.93. The van der Waals surface area contributed by atoms with E-state index in [0.29, 0.717) is 17.8 Å². The van der Waals surface area contributed by atoms with Gasteiger partial charge >= 0.3 is 6.18 Å². The topological polar surface area (TPSA) is 97.4 Å². The van der Waals surface area contributed by atoms with Gasteiger partial charge in [0.05, 0.1) is 0 Å². The number of hydrogen-bond donors (Lipinski definition) is 4. The number of anilines is 3. The minimum Gasteiger partial charge on any atom is -0.366 e. The molecule has 12 heteroatoms. The number of piperidine rings is 1. The van der Waals surface area contributed by atoms with E-state index in [1.807, 2.05) is 14.1 Å². The van der Waals surface area contributed by atoms with Crippen LogP contribution in [0.1, 0.15) is 61.9 Å². The van der Waals surface area contributed by atoms with Crippen molar-refractivity contribution in [3.63, 3.8) is 0 Å². The Morgan fingerprint density at radius 3 is 2.43 bits per heavy atom. The van der Waals surface area contributed by atoms with Crippen molar-refractivity contribution in [3.05, 3.63) is 41.6 Å². The zero-order chi connectivity index (χ0) is 30.5. The van der Waals surface area contributed by atoms with E-state index in [0.717, 1.165) is 57.9 Å². The maximum atomic E-state index is 13.9. The van der Waals surface area contributed by atoms with Crippen LogP contribution in [0.4, 0.5) is 30.6 Å². The van der Waals surface area contributed by atoms with E-state index in [1.54, 1.807) is 29.2 Å². The molecule has 1 aliphatic heterocycles. The maximum Gasteiger partial charge on any atom is 0.421 e. The minimum atomic E-state index is -4.59. The van der Waals surface area contributed by atoms with Crippen LogP contribution in [0.25, 0.3) is 0 Å². The van der Waals surface area contributed by atoms with Crippen molar-refractivity contribution in [2.75, 3.05) is 58.0 Å². The predicted molar refractivity (Wildman–Crippen MR) is 160 cm³/mol. The van der Waals surface area contributed by atoms with Crippen molar-refractivity contribution < 1.29 is 18.0 Å². The minimum absolute atomic E-state index is 0.0523. The van der Waals surface area contributed by atoms with Gasteiger partial charge in [-0.1, -0.05) is 6.42 Å². The number of halogens is 3. The van der Waals surface area contributed by atoms with Gasteiger partial charge in [-0.3, -0.25) is 4.79 Å². The Hall–Kier alpha value is -2.96. The number of benzene rings is 1. The molecule has 2 atom stereocenters. The highest BCUT2D eigenvalue weighted by molar-refractivity contribution is 5.94. The van der Waals surface area contributed by atoms with Crippen molar-refractivity contribution >= 4 is 23.4 Å². The van der Waals surface area contributed by atoms with Crippen LogP contribution in [0.15, 0.2) is 30.5 Å². The molecule has 2 unspecified atom stereocenters. The molecule has 4 rings (SSSR count). The normalized spacial score (nSPS) is 20.5. The highest BCUT2D eigenvalue weighted by Gasteiger charge is 2.37. The Bertz CT molecular complexity index is 1180. The lowest BCUT2D eigenvalue weighted by Gasteiger charge is -2.35. The van der Waals surface area contributed by atoms with Crippen molar-refractivity contribution in [3.8, 4) is 0 Å². The summed E-state index contributed by atoms with van der Waals surface area (Å²) in [5, 5.41) is 12.8. The molecule has 2 heterocycles. The second-order valence-corrected chi connectivity index (χ2v) is 12.3. The standard InChI is InChI=1S/C30H45F3N8O/c1-29(2,34-3)19-35-17-21-7-6-8-25(21)38-26-24(30(31,32)33)18-36-28(39-26)37-22-11-9-20(10-12-22)27(42)41(5)23-13-15-40(4)16-14-23/h9-12,18,21,23,25,34-35H,6-8,13-17,19H2,1-5H3,(H2,36,37,38,39). The summed E-state index contributed by atoms with van der Waals surface area (Å²) in [5.74, 6) is -0.0400. The average molecular weight is 591 g/mol. The van der Waals surface area contributed by atoms with E-state index >= 15 is 0 Å². The van der Waals surface area contributed by atoms with Crippen LogP contribution in [0.2, 0.25) is 0 Å². The molecule has 0 radical (unpaired) electrons. The maximum absolute atomic E-state index is 13.9. The molecule has 2 aliphatic rings. The predicted octanol–water partition coefficient (Wildman–Crippen LogP) is 4.57. The number of aromatic nitrogens is 2. The number of hydrogen-bond acceptors (Lipinski definition) is 8. The molecule has 0 bridgehead atoms. The summed E-state index contributed by atoms with van der Waals surface area (Å²) in [7, 11) is 5.83. The van der Waals surface area contributed by atoms with Gasteiger partial charge in [-0.25, -0.2) is 4.98 Å².